The molecule has 2 heterocycles. The molecule has 0 spiro atoms. The van der Waals surface area contributed by atoms with Crippen molar-refractivity contribution in [3.05, 3.63) is 16.3 Å². The molecule has 0 bridgehead atoms. The Hall–Kier alpha value is -1.59. The summed E-state index contributed by atoms with van der Waals surface area (Å²) in [6.07, 6.45) is 4.05. The van der Waals surface area contributed by atoms with Crippen LogP contribution in [0.3, 0.4) is 0 Å². The molecule has 0 fully saturated rings. The number of hydrogen-bond donors (Lipinski definition) is 0. The zero-order valence-electron chi connectivity index (χ0n) is 11.8. The number of nitrogens with zero attached hydrogens (tertiary/aromatic N) is 3. The number of carbonyl (C=O) groups excluding carboxylic acids is 1. The third-order valence-electron chi connectivity index (χ3n) is 3.56. The number of carbonyl (C=O) groups is 1. The molecular formula is C13H21N3O3. The Morgan fingerprint density at radius 2 is 2.11 bits per heavy atom. The van der Waals surface area contributed by atoms with Crippen molar-refractivity contribution in [3.8, 4) is 0 Å². The number of aryl methyl sites for hydroxylation is 1. The number of rotatable bonds is 3. The molecule has 0 amide bonds. The molecule has 1 aromatic heterocycles. The maximum absolute atomic E-state index is 12.3. The second-order valence-electron chi connectivity index (χ2n) is 5.69. The fourth-order valence-corrected chi connectivity index (χ4v) is 2.44. The van der Waals surface area contributed by atoms with Crippen LogP contribution >= 0.6 is 0 Å². The van der Waals surface area contributed by atoms with Crippen molar-refractivity contribution in [2.45, 2.75) is 52.6 Å². The first kappa shape index (κ1) is 13.8. The summed E-state index contributed by atoms with van der Waals surface area (Å²) in [5, 5.41) is 4.37. The van der Waals surface area contributed by atoms with Gasteiger partial charge in [0.15, 0.2) is 0 Å². The van der Waals surface area contributed by atoms with Gasteiger partial charge in [0, 0.05) is 13.0 Å². The Morgan fingerprint density at radius 1 is 1.37 bits per heavy atom. The van der Waals surface area contributed by atoms with Gasteiger partial charge in [-0.15, -0.1) is 0 Å². The molecule has 1 aromatic rings. The van der Waals surface area contributed by atoms with Crippen LogP contribution in [0.1, 0.15) is 38.9 Å². The summed E-state index contributed by atoms with van der Waals surface area (Å²) in [5.74, 6) is 0.505. The smallest absolute Gasteiger partial charge is 0.345 e. The van der Waals surface area contributed by atoms with E-state index < -0.39 is 5.41 Å². The summed E-state index contributed by atoms with van der Waals surface area (Å²) in [7, 11) is 1.36. The Morgan fingerprint density at radius 3 is 2.79 bits per heavy atom. The average Bonchev–Trinajstić information content (AvgIpc) is 2.57. The van der Waals surface area contributed by atoms with E-state index in [9.17, 15) is 9.59 Å². The van der Waals surface area contributed by atoms with E-state index in [4.69, 9.17) is 4.74 Å². The van der Waals surface area contributed by atoms with Gasteiger partial charge in [-0.05, 0) is 26.7 Å². The molecule has 0 unspecified atom stereocenters. The van der Waals surface area contributed by atoms with Gasteiger partial charge in [-0.3, -0.25) is 9.36 Å². The minimum absolute atomic E-state index is 0.117. The molecule has 19 heavy (non-hydrogen) atoms. The summed E-state index contributed by atoms with van der Waals surface area (Å²) in [6.45, 7) is 4.50. The van der Waals surface area contributed by atoms with Crippen LogP contribution in [0.25, 0.3) is 0 Å². The minimum atomic E-state index is -0.751. The fraction of sp³-hybridized carbons (Fsp3) is 0.769. The van der Waals surface area contributed by atoms with Crippen molar-refractivity contribution in [1.82, 2.24) is 14.3 Å². The Bertz CT molecular complexity index is 528. The molecular weight excluding hydrogens is 246 g/mol. The van der Waals surface area contributed by atoms with Gasteiger partial charge in [0.2, 0.25) is 0 Å². The number of hydrogen-bond acceptors (Lipinski definition) is 4. The molecule has 0 N–H and O–H groups in total. The van der Waals surface area contributed by atoms with E-state index in [1.165, 1.54) is 11.8 Å². The van der Waals surface area contributed by atoms with Gasteiger partial charge < -0.3 is 4.74 Å². The van der Waals surface area contributed by atoms with Crippen molar-refractivity contribution in [1.29, 1.82) is 0 Å². The lowest BCUT2D eigenvalue weighted by atomic mass is 9.94. The van der Waals surface area contributed by atoms with Gasteiger partial charge in [-0.2, -0.15) is 5.10 Å². The molecule has 0 atom stereocenters. The average molecular weight is 267 g/mol. The van der Waals surface area contributed by atoms with Crippen LogP contribution in [0.4, 0.5) is 0 Å². The summed E-state index contributed by atoms with van der Waals surface area (Å²) < 4.78 is 7.90. The predicted molar refractivity (Wildman–Crippen MR) is 69.8 cm³/mol. The quantitative estimate of drug-likeness (QED) is 0.765. The minimum Gasteiger partial charge on any atom is -0.469 e. The van der Waals surface area contributed by atoms with Gasteiger partial charge in [0.05, 0.1) is 19.1 Å². The third kappa shape index (κ3) is 2.72. The zero-order chi connectivity index (χ0) is 14.0. The molecule has 0 aromatic carbocycles. The van der Waals surface area contributed by atoms with Crippen LogP contribution in [-0.2, 0) is 29.0 Å². The lowest BCUT2D eigenvalue weighted by Gasteiger charge is -2.20. The molecule has 0 saturated heterocycles. The molecule has 2 rings (SSSR count). The molecule has 0 radical (unpaired) electrons. The molecule has 0 aliphatic carbocycles. The summed E-state index contributed by atoms with van der Waals surface area (Å²) in [4.78, 5) is 23.9. The van der Waals surface area contributed by atoms with Crippen molar-refractivity contribution >= 4 is 5.97 Å². The monoisotopic (exact) mass is 267 g/mol. The van der Waals surface area contributed by atoms with E-state index in [1.807, 2.05) is 0 Å². The SMILES string of the molecule is COC(=O)C(C)(C)Cn1nc2n(c1=O)CCCCC2. The summed E-state index contributed by atoms with van der Waals surface area (Å²) >= 11 is 0. The van der Waals surface area contributed by atoms with E-state index in [1.54, 1.807) is 18.4 Å². The van der Waals surface area contributed by atoms with Crippen LogP contribution < -0.4 is 5.69 Å². The maximum Gasteiger partial charge on any atom is 0.345 e. The number of aromatic nitrogens is 3. The highest BCUT2D eigenvalue weighted by atomic mass is 16.5. The van der Waals surface area contributed by atoms with Gasteiger partial charge >= 0.3 is 11.7 Å². The molecule has 106 valence electrons. The molecule has 1 aliphatic rings. The first-order valence-electron chi connectivity index (χ1n) is 6.70. The topological polar surface area (TPSA) is 66.1 Å². The van der Waals surface area contributed by atoms with Crippen molar-refractivity contribution in [2.24, 2.45) is 5.41 Å². The van der Waals surface area contributed by atoms with Crippen LogP contribution in [-0.4, -0.2) is 27.4 Å². The second-order valence-corrected chi connectivity index (χ2v) is 5.69. The highest BCUT2D eigenvalue weighted by Crippen LogP contribution is 2.19. The van der Waals surface area contributed by atoms with E-state index >= 15 is 0 Å². The molecule has 0 saturated carbocycles. The first-order valence-corrected chi connectivity index (χ1v) is 6.70. The lowest BCUT2D eigenvalue weighted by molar-refractivity contribution is -0.151. The van der Waals surface area contributed by atoms with E-state index in [2.05, 4.69) is 5.10 Å². The van der Waals surface area contributed by atoms with Gasteiger partial charge in [-0.25, -0.2) is 9.48 Å². The van der Waals surface area contributed by atoms with Crippen molar-refractivity contribution in [2.75, 3.05) is 7.11 Å². The summed E-state index contributed by atoms with van der Waals surface area (Å²) in [6, 6.07) is 0. The lowest BCUT2D eigenvalue weighted by Crippen LogP contribution is -2.36. The molecule has 6 nitrogen and oxygen atoms in total. The Kier molecular flexibility index (Phi) is 3.78. The van der Waals surface area contributed by atoms with Gasteiger partial charge in [0.1, 0.15) is 5.82 Å². The Balaban J connectivity index is 2.27. The zero-order valence-corrected chi connectivity index (χ0v) is 11.8. The predicted octanol–water partition coefficient (Wildman–Crippen LogP) is 0.970. The van der Waals surface area contributed by atoms with Crippen molar-refractivity contribution in [3.63, 3.8) is 0 Å². The number of methoxy groups -OCH3 is 1. The van der Waals surface area contributed by atoms with E-state index in [0.717, 1.165) is 38.1 Å². The highest BCUT2D eigenvalue weighted by molar-refractivity contribution is 5.75. The summed E-state index contributed by atoms with van der Waals surface area (Å²) in [5.41, 5.74) is -0.868. The molecule has 6 heteroatoms. The highest BCUT2D eigenvalue weighted by Gasteiger charge is 2.31. The first-order chi connectivity index (χ1) is 8.95. The number of fused-ring (bicyclic) bond motifs is 1. The van der Waals surface area contributed by atoms with Crippen LogP contribution in [0, 0.1) is 5.41 Å². The standard InChI is InChI=1S/C13H21N3O3/c1-13(2,11(17)19-3)9-16-12(18)15-8-6-4-5-7-10(15)14-16/h4-9H2,1-3H3. The van der Waals surface area contributed by atoms with Crippen LogP contribution in [0.5, 0.6) is 0 Å². The third-order valence-corrected chi connectivity index (χ3v) is 3.56. The van der Waals surface area contributed by atoms with Crippen molar-refractivity contribution < 1.29 is 9.53 Å². The van der Waals surface area contributed by atoms with Gasteiger partial charge in [-0.1, -0.05) is 6.42 Å². The van der Waals surface area contributed by atoms with E-state index in [0.29, 0.717) is 0 Å². The maximum atomic E-state index is 12.3. The normalized spacial score (nSPS) is 15.7. The number of ether oxygens (including phenoxy) is 1. The molecule has 1 aliphatic heterocycles. The second kappa shape index (κ2) is 5.19. The largest absolute Gasteiger partial charge is 0.469 e. The van der Waals surface area contributed by atoms with Crippen LogP contribution in [0.15, 0.2) is 4.79 Å². The van der Waals surface area contributed by atoms with Crippen LogP contribution in [0.2, 0.25) is 0 Å². The Labute approximate surface area is 112 Å². The number of esters is 1. The van der Waals surface area contributed by atoms with Gasteiger partial charge in [0.25, 0.3) is 0 Å². The fourth-order valence-electron chi connectivity index (χ4n) is 2.44. The van der Waals surface area contributed by atoms with E-state index in [-0.39, 0.29) is 18.2 Å².